The monoisotopic (exact) mass is 825 g/mol. The highest BCUT2D eigenvalue weighted by atomic mass is 16.7. The maximum absolute atomic E-state index is 14.5. The van der Waals surface area contributed by atoms with E-state index in [1.54, 1.807) is 33.8 Å². The number of carboxylic acid groups (broad SMARTS) is 1. The summed E-state index contributed by atoms with van der Waals surface area (Å²) in [6.45, 7) is 12.4. The molecule has 1 amide bonds. The van der Waals surface area contributed by atoms with Crippen molar-refractivity contribution in [3.8, 4) is 23.0 Å². The van der Waals surface area contributed by atoms with E-state index in [1.807, 2.05) is 0 Å². The fourth-order valence-corrected chi connectivity index (χ4v) is 8.18. The van der Waals surface area contributed by atoms with E-state index < -0.39 is 112 Å². The van der Waals surface area contributed by atoms with Gasteiger partial charge in [-0.2, -0.15) is 0 Å². The van der Waals surface area contributed by atoms with E-state index in [4.69, 9.17) is 18.9 Å². The van der Waals surface area contributed by atoms with Gasteiger partial charge in [0.25, 0.3) is 11.7 Å². The second-order valence-electron chi connectivity index (χ2n) is 15.8. The number of carbonyl (C=O) groups is 4. The number of carbonyl (C=O) groups excluding carboxylic acids is 3. The van der Waals surface area contributed by atoms with Crippen LogP contribution in [0.1, 0.15) is 64.4 Å². The number of allylic oxidation sites excluding steroid dienone is 2. The maximum Gasteiger partial charge on any atom is 0.327 e. The van der Waals surface area contributed by atoms with Gasteiger partial charge in [-0.25, -0.2) is 4.79 Å². The van der Waals surface area contributed by atoms with Crippen molar-refractivity contribution in [2.45, 2.75) is 91.6 Å². The molecular weight excluding hydrogens is 770 g/mol. The van der Waals surface area contributed by atoms with Gasteiger partial charge in [0, 0.05) is 80.8 Å². The number of nitrogens with zero attached hydrogens (tertiary/aromatic N) is 1. The zero-order valence-electron chi connectivity index (χ0n) is 34.6. The van der Waals surface area contributed by atoms with E-state index in [-0.39, 0.29) is 53.2 Å². The van der Waals surface area contributed by atoms with Gasteiger partial charge >= 0.3 is 17.7 Å². The first kappa shape index (κ1) is 44.7. The third-order valence-electron chi connectivity index (χ3n) is 11.8. The summed E-state index contributed by atoms with van der Waals surface area (Å²) in [5.74, 6) is -10.5. The molecule has 0 saturated carbocycles. The van der Waals surface area contributed by atoms with Crippen LogP contribution in [0.3, 0.4) is 0 Å². The number of nitrogens with one attached hydrogen (secondary N) is 2. The summed E-state index contributed by atoms with van der Waals surface area (Å²) >= 11 is 0. The molecule has 17 nitrogen and oxygen atoms in total. The molecule has 0 aromatic heterocycles. The van der Waals surface area contributed by atoms with Crippen molar-refractivity contribution in [3.63, 3.8) is 0 Å². The Bertz CT molecular complexity index is 2100. The first-order chi connectivity index (χ1) is 27.7. The Morgan fingerprint density at radius 3 is 2.25 bits per heavy atom. The predicted octanol–water partition coefficient (Wildman–Crippen LogP) is 3.62. The van der Waals surface area contributed by atoms with Crippen molar-refractivity contribution in [2.24, 2.45) is 23.7 Å². The highest BCUT2D eigenvalue weighted by molar-refractivity contribution is 6.24. The second kappa shape index (κ2) is 17.5. The summed E-state index contributed by atoms with van der Waals surface area (Å²) in [6, 6.07) is -1.31. The number of hydrogen-bond donors (Lipinski definition) is 8. The van der Waals surface area contributed by atoms with Gasteiger partial charge in [0.2, 0.25) is 0 Å². The number of phenols is 3. The Morgan fingerprint density at radius 2 is 1.63 bits per heavy atom. The Hall–Kier alpha value is -5.36. The number of piperazine rings is 1. The number of benzene rings is 2. The van der Waals surface area contributed by atoms with Gasteiger partial charge in [-0.1, -0.05) is 45.9 Å². The van der Waals surface area contributed by atoms with Crippen LogP contribution in [-0.4, -0.2) is 117 Å². The minimum Gasteiger partial charge on any atom is -0.507 e. The van der Waals surface area contributed by atoms with E-state index in [0.29, 0.717) is 0 Å². The van der Waals surface area contributed by atoms with Gasteiger partial charge < -0.3 is 65.1 Å². The molecule has 4 aliphatic rings. The number of ether oxygens (including phenoxy) is 4. The summed E-state index contributed by atoms with van der Waals surface area (Å²) in [5, 5.41) is 73.6. The Labute approximate surface area is 341 Å². The minimum absolute atomic E-state index is 0.0140. The van der Waals surface area contributed by atoms with E-state index >= 15 is 0 Å². The second-order valence-corrected chi connectivity index (χ2v) is 15.8. The molecule has 5 bridgehead atoms. The van der Waals surface area contributed by atoms with E-state index in [1.165, 1.54) is 57.9 Å². The van der Waals surface area contributed by atoms with Gasteiger partial charge in [-0.05, 0) is 19.9 Å². The first-order valence-electron chi connectivity index (χ1n) is 19.5. The fourth-order valence-electron chi connectivity index (χ4n) is 8.18. The number of aliphatic hydroxyl groups excluding tert-OH is 2. The number of rotatable bonds is 4. The lowest BCUT2D eigenvalue weighted by Crippen LogP contribution is -2.55. The number of amides is 1. The van der Waals surface area contributed by atoms with Crippen molar-refractivity contribution in [1.29, 1.82) is 0 Å². The number of phenolic OH excluding ortho intramolecular Hbond substituents is 3. The maximum atomic E-state index is 14.5. The largest absolute Gasteiger partial charge is 0.507 e. The highest BCUT2D eigenvalue weighted by Crippen LogP contribution is 2.58. The number of Topliss-reactive ketones (excluding diaryl/α,β-unsaturated/α-hetero) is 1. The number of aliphatic carboxylic acids is 1. The normalized spacial score (nSPS) is 32.8. The molecule has 0 radical (unpaired) electrons. The van der Waals surface area contributed by atoms with Crippen LogP contribution in [0.5, 0.6) is 23.0 Å². The van der Waals surface area contributed by atoms with Crippen LogP contribution < -0.4 is 20.3 Å². The van der Waals surface area contributed by atoms with E-state index in [2.05, 4.69) is 10.6 Å². The average molecular weight is 826 g/mol. The predicted molar refractivity (Wildman–Crippen MR) is 215 cm³/mol. The third-order valence-corrected chi connectivity index (χ3v) is 11.8. The van der Waals surface area contributed by atoms with Gasteiger partial charge in [-0.15, -0.1) is 0 Å². The van der Waals surface area contributed by atoms with Crippen molar-refractivity contribution >= 4 is 45.8 Å². The Kier molecular flexibility index (Phi) is 13.2. The number of ketones is 1. The van der Waals surface area contributed by atoms with Crippen LogP contribution in [-0.2, 0) is 28.6 Å². The SMILES string of the molecule is COC1/C=C/OC2(C)Oc3c(C)c(O)c4c(O)c(c(N5CCNCC5C(=O)O)c(O)c4c3C2=O)NC(=O)/C(C)=C\C=C\C(C)C(O)C(C)C(O)C(C)C(OC(C)=O)C1C. The molecule has 6 rings (SSSR count). The molecule has 4 heterocycles. The van der Waals surface area contributed by atoms with Crippen molar-refractivity contribution in [1.82, 2.24) is 5.32 Å². The topological polar surface area (TPSA) is 254 Å². The lowest BCUT2D eigenvalue weighted by molar-refractivity contribution is -0.160. The summed E-state index contributed by atoms with van der Waals surface area (Å²) in [5.41, 5.74) is -0.949. The quantitative estimate of drug-likeness (QED) is 0.125. The molecule has 322 valence electrons. The number of aromatic hydroxyl groups is 3. The number of fused-ring (bicyclic) bond motifs is 14. The van der Waals surface area contributed by atoms with Crippen LogP contribution in [0.25, 0.3) is 10.8 Å². The molecule has 10 atom stereocenters. The molecular formula is C42H55N3O14. The first-order valence-corrected chi connectivity index (χ1v) is 19.5. The number of aliphatic hydroxyl groups is 2. The molecule has 0 spiro atoms. The summed E-state index contributed by atoms with van der Waals surface area (Å²) in [4.78, 5) is 54.4. The van der Waals surface area contributed by atoms with Crippen LogP contribution >= 0.6 is 0 Å². The highest BCUT2D eigenvalue weighted by Gasteiger charge is 2.50. The lowest BCUT2D eigenvalue weighted by Gasteiger charge is -2.38. The summed E-state index contributed by atoms with van der Waals surface area (Å²) in [6.07, 6.45) is 3.18. The summed E-state index contributed by atoms with van der Waals surface area (Å²) in [7, 11) is 1.41. The number of hydrogen-bond acceptors (Lipinski definition) is 15. The number of carboxylic acids is 1. The molecule has 0 aliphatic carbocycles. The fraction of sp³-hybridized carbons (Fsp3) is 0.524. The van der Waals surface area contributed by atoms with Crippen LogP contribution in [0, 0.1) is 30.6 Å². The number of methoxy groups -OCH3 is 1. The molecule has 1 saturated heterocycles. The molecule has 59 heavy (non-hydrogen) atoms. The molecule has 10 unspecified atom stereocenters. The van der Waals surface area contributed by atoms with Crippen LogP contribution in [0.15, 0.2) is 36.1 Å². The van der Waals surface area contributed by atoms with Gasteiger partial charge in [0.05, 0.1) is 35.5 Å². The zero-order valence-corrected chi connectivity index (χ0v) is 34.6. The number of esters is 1. The average Bonchev–Trinajstić information content (AvgIpc) is 3.46. The molecule has 8 N–H and O–H groups in total. The van der Waals surface area contributed by atoms with E-state index in [9.17, 15) is 49.8 Å². The standard InChI is InChI=1S/C42H55N3O14/c1-18-11-10-12-19(2)40(53)44-30-31(45-15-14-43-17-25(45)41(54)55)36(51)27-28(35(30)50)34(49)23(6)38-29(27)39(52)42(8,59-38)57-16-13-26(56-9)20(3)37(58-24(7)46)22(5)33(48)21(4)32(18)47/h10-13,16,18,20-22,25-26,32-33,37,43,47-51H,14-15,17H2,1-9H3,(H,44,53)(H,54,55)/b11-10+,16-13+,19-12-. The molecule has 2 aromatic rings. The molecule has 4 aliphatic heterocycles. The molecule has 1 fully saturated rings. The Balaban J connectivity index is 1.75. The molecule has 2 aromatic carbocycles. The smallest absolute Gasteiger partial charge is 0.327 e. The van der Waals surface area contributed by atoms with Crippen LogP contribution in [0.4, 0.5) is 11.4 Å². The Morgan fingerprint density at radius 1 is 0.949 bits per heavy atom. The minimum atomic E-state index is -2.12. The van der Waals surface area contributed by atoms with Gasteiger partial charge in [0.15, 0.2) is 5.75 Å². The third kappa shape index (κ3) is 8.29. The van der Waals surface area contributed by atoms with Gasteiger partial charge in [-0.3, -0.25) is 14.4 Å². The zero-order chi connectivity index (χ0) is 43.8. The van der Waals surface area contributed by atoms with Crippen molar-refractivity contribution < 1.29 is 68.8 Å². The van der Waals surface area contributed by atoms with E-state index in [0.717, 1.165) is 6.26 Å². The van der Waals surface area contributed by atoms with Crippen molar-refractivity contribution in [3.05, 3.63) is 47.3 Å². The lowest BCUT2D eigenvalue weighted by atomic mass is 9.78. The van der Waals surface area contributed by atoms with Crippen molar-refractivity contribution in [2.75, 3.05) is 37.0 Å². The molecule has 17 heteroatoms. The van der Waals surface area contributed by atoms with Gasteiger partial charge in [0.1, 0.15) is 40.8 Å². The summed E-state index contributed by atoms with van der Waals surface area (Å²) < 4.78 is 23.5. The number of anilines is 2. The van der Waals surface area contributed by atoms with Crippen LogP contribution in [0.2, 0.25) is 0 Å².